The molecule has 0 aliphatic rings. The molecule has 5 nitrogen and oxygen atoms in total. The predicted molar refractivity (Wildman–Crippen MR) is 126 cm³/mol. The zero-order chi connectivity index (χ0) is 21.9. The molecule has 0 fully saturated rings. The maximum atomic E-state index is 12.4. The molecule has 3 rings (SSSR count). The second kappa shape index (κ2) is 11.6. The van der Waals surface area contributed by atoms with Gasteiger partial charge in [-0.1, -0.05) is 62.4 Å². The first-order chi connectivity index (χ1) is 15.1. The number of rotatable bonds is 11. The van der Waals surface area contributed by atoms with Crippen molar-refractivity contribution in [1.29, 1.82) is 0 Å². The van der Waals surface area contributed by atoms with E-state index in [0.29, 0.717) is 24.8 Å². The van der Waals surface area contributed by atoms with E-state index in [9.17, 15) is 4.79 Å². The molecule has 0 aromatic heterocycles. The Hall–Kier alpha value is -3.47. The van der Waals surface area contributed by atoms with Crippen LogP contribution in [0.15, 0.2) is 78.9 Å². The normalized spacial score (nSPS) is 10.5. The monoisotopic (exact) mass is 418 g/mol. The Morgan fingerprint density at radius 3 is 2.48 bits per heavy atom. The quantitative estimate of drug-likeness (QED) is 0.438. The first-order valence-corrected chi connectivity index (χ1v) is 10.6. The molecule has 0 spiro atoms. The average molecular weight is 419 g/mol. The van der Waals surface area contributed by atoms with Gasteiger partial charge in [0.1, 0.15) is 11.5 Å². The van der Waals surface area contributed by atoms with Gasteiger partial charge in [-0.05, 0) is 35.7 Å². The van der Waals surface area contributed by atoms with E-state index in [2.05, 4.69) is 36.6 Å². The maximum Gasteiger partial charge on any atom is 0.243 e. The Bertz CT molecular complexity index is 958. The third kappa shape index (κ3) is 7.70. The van der Waals surface area contributed by atoms with Gasteiger partial charge in [0, 0.05) is 18.2 Å². The average Bonchev–Trinajstić information content (AvgIpc) is 2.78. The van der Waals surface area contributed by atoms with Gasteiger partial charge in [0.15, 0.2) is 0 Å². The summed E-state index contributed by atoms with van der Waals surface area (Å²) >= 11 is 0. The predicted octanol–water partition coefficient (Wildman–Crippen LogP) is 5.39. The summed E-state index contributed by atoms with van der Waals surface area (Å²) < 4.78 is 11.7. The zero-order valence-corrected chi connectivity index (χ0v) is 18.1. The van der Waals surface area contributed by atoms with Crippen molar-refractivity contribution < 1.29 is 14.3 Å². The molecule has 0 unspecified atom stereocenters. The number of hydrogen-bond acceptors (Lipinski definition) is 4. The van der Waals surface area contributed by atoms with Gasteiger partial charge < -0.3 is 20.1 Å². The summed E-state index contributed by atoms with van der Waals surface area (Å²) in [5.74, 6) is 1.77. The second-order valence-corrected chi connectivity index (χ2v) is 7.71. The topological polar surface area (TPSA) is 59.6 Å². The Morgan fingerprint density at radius 1 is 0.903 bits per heavy atom. The molecule has 5 heteroatoms. The summed E-state index contributed by atoms with van der Waals surface area (Å²) in [6.45, 7) is 5.55. The minimum Gasteiger partial charge on any atom is -0.493 e. The highest BCUT2D eigenvalue weighted by Crippen LogP contribution is 2.24. The van der Waals surface area contributed by atoms with E-state index in [1.807, 2.05) is 66.7 Å². The fraction of sp³-hybridized carbons (Fsp3) is 0.269. The number of amides is 1. The summed E-state index contributed by atoms with van der Waals surface area (Å²) in [5, 5.41) is 6.06. The van der Waals surface area contributed by atoms with Gasteiger partial charge in [0.05, 0.1) is 25.4 Å². The van der Waals surface area contributed by atoms with Crippen molar-refractivity contribution in [2.75, 3.05) is 30.4 Å². The van der Waals surface area contributed by atoms with Gasteiger partial charge in [-0.15, -0.1) is 0 Å². The highest BCUT2D eigenvalue weighted by atomic mass is 16.5. The third-order valence-corrected chi connectivity index (χ3v) is 4.52. The molecule has 0 heterocycles. The summed E-state index contributed by atoms with van der Waals surface area (Å²) in [7, 11) is 0. The van der Waals surface area contributed by atoms with Crippen LogP contribution in [0.1, 0.15) is 19.4 Å². The second-order valence-electron chi connectivity index (χ2n) is 7.71. The highest BCUT2D eigenvalue weighted by Gasteiger charge is 2.08. The number of carbonyl (C=O) groups is 1. The van der Waals surface area contributed by atoms with Crippen LogP contribution in [-0.2, 0) is 11.2 Å². The van der Waals surface area contributed by atoms with Crippen molar-refractivity contribution in [2.45, 2.75) is 20.3 Å². The zero-order valence-electron chi connectivity index (χ0n) is 18.1. The molecule has 0 bridgehead atoms. The van der Waals surface area contributed by atoms with Crippen molar-refractivity contribution in [3.63, 3.8) is 0 Å². The molecule has 2 N–H and O–H groups in total. The Kier molecular flexibility index (Phi) is 8.35. The molecule has 0 saturated carbocycles. The largest absolute Gasteiger partial charge is 0.493 e. The molecule has 0 aliphatic heterocycles. The Morgan fingerprint density at radius 2 is 1.68 bits per heavy atom. The third-order valence-electron chi connectivity index (χ3n) is 4.52. The highest BCUT2D eigenvalue weighted by molar-refractivity contribution is 5.94. The number of nitrogens with one attached hydrogen (secondary N) is 2. The minimum atomic E-state index is -0.139. The van der Waals surface area contributed by atoms with E-state index < -0.39 is 0 Å². The molecule has 0 aliphatic carbocycles. The van der Waals surface area contributed by atoms with Crippen molar-refractivity contribution in [3.05, 3.63) is 84.4 Å². The smallest absolute Gasteiger partial charge is 0.243 e. The molecular weight excluding hydrogens is 388 g/mol. The standard InChI is InChI=1S/C26H30N2O3/c1-20(2)19-31-25-14-7-6-13-24(25)27-18-26(29)28-22-11-8-12-23(17-22)30-16-15-21-9-4-3-5-10-21/h3-14,17,20,27H,15-16,18-19H2,1-2H3,(H,28,29). The summed E-state index contributed by atoms with van der Waals surface area (Å²) in [4.78, 5) is 12.4. The number of hydrogen-bond donors (Lipinski definition) is 2. The molecule has 1 amide bonds. The first-order valence-electron chi connectivity index (χ1n) is 10.6. The van der Waals surface area contributed by atoms with E-state index in [4.69, 9.17) is 9.47 Å². The molecular formula is C26H30N2O3. The number of anilines is 2. The fourth-order valence-electron chi connectivity index (χ4n) is 2.97. The first kappa shape index (κ1) is 22.2. The minimum absolute atomic E-state index is 0.139. The lowest BCUT2D eigenvalue weighted by molar-refractivity contribution is -0.114. The van der Waals surface area contributed by atoms with E-state index >= 15 is 0 Å². The lowest BCUT2D eigenvalue weighted by atomic mass is 10.2. The van der Waals surface area contributed by atoms with Crippen LogP contribution in [-0.4, -0.2) is 25.7 Å². The van der Waals surface area contributed by atoms with E-state index in [-0.39, 0.29) is 12.5 Å². The van der Waals surface area contributed by atoms with Crippen LogP contribution in [0.25, 0.3) is 0 Å². The fourth-order valence-corrected chi connectivity index (χ4v) is 2.97. The van der Waals surface area contributed by atoms with Crippen LogP contribution < -0.4 is 20.1 Å². The van der Waals surface area contributed by atoms with Crippen LogP contribution in [0.4, 0.5) is 11.4 Å². The van der Waals surface area contributed by atoms with E-state index in [0.717, 1.165) is 23.6 Å². The number of benzene rings is 3. The molecule has 162 valence electrons. The van der Waals surface area contributed by atoms with Crippen LogP contribution >= 0.6 is 0 Å². The van der Waals surface area contributed by atoms with E-state index in [1.165, 1.54) is 5.56 Å². The summed E-state index contributed by atoms with van der Waals surface area (Å²) in [5.41, 5.74) is 2.74. The van der Waals surface area contributed by atoms with Gasteiger partial charge >= 0.3 is 0 Å². The van der Waals surface area contributed by atoms with Crippen LogP contribution in [0, 0.1) is 5.92 Å². The lowest BCUT2D eigenvalue weighted by Gasteiger charge is -2.14. The number of ether oxygens (including phenoxy) is 2. The van der Waals surface area contributed by atoms with Gasteiger partial charge in [-0.2, -0.15) is 0 Å². The molecule has 3 aromatic rings. The van der Waals surface area contributed by atoms with Crippen molar-refractivity contribution in [1.82, 2.24) is 0 Å². The Labute approximate surface area is 184 Å². The van der Waals surface area contributed by atoms with Gasteiger partial charge in [-0.3, -0.25) is 4.79 Å². The van der Waals surface area contributed by atoms with Gasteiger partial charge in [0.2, 0.25) is 5.91 Å². The molecule has 0 radical (unpaired) electrons. The SMILES string of the molecule is CC(C)COc1ccccc1NCC(=O)Nc1cccc(OCCc2ccccc2)c1. The molecule has 0 saturated heterocycles. The molecule has 3 aromatic carbocycles. The number of para-hydroxylation sites is 2. The van der Waals surface area contributed by atoms with Crippen LogP contribution in [0.5, 0.6) is 11.5 Å². The van der Waals surface area contributed by atoms with Crippen molar-refractivity contribution in [3.8, 4) is 11.5 Å². The summed E-state index contributed by atoms with van der Waals surface area (Å²) in [6.07, 6.45) is 0.833. The van der Waals surface area contributed by atoms with E-state index in [1.54, 1.807) is 0 Å². The van der Waals surface area contributed by atoms with Gasteiger partial charge in [-0.25, -0.2) is 0 Å². The maximum absolute atomic E-state index is 12.4. The summed E-state index contributed by atoms with van der Waals surface area (Å²) in [6, 6.07) is 25.3. The Balaban J connectivity index is 1.48. The van der Waals surface area contributed by atoms with Crippen molar-refractivity contribution >= 4 is 17.3 Å². The molecule has 31 heavy (non-hydrogen) atoms. The van der Waals surface area contributed by atoms with Gasteiger partial charge in [0.25, 0.3) is 0 Å². The van der Waals surface area contributed by atoms with Crippen molar-refractivity contribution in [2.24, 2.45) is 5.92 Å². The molecule has 0 atom stereocenters. The van der Waals surface area contributed by atoms with Crippen LogP contribution in [0.3, 0.4) is 0 Å². The lowest BCUT2D eigenvalue weighted by Crippen LogP contribution is -2.22. The number of carbonyl (C=O) groups excluding carboxylic acids is 1. The van der Waals surface area contributed by atoms with Crippen LogP contribution in [0.2, 0.25) is 0 Å².